The normalized spacial score (nSPS) is 23.0. The Morgan fingerprint density at radius 2 is 2.22 bits per heavy atom. The Hall–Kier alpha value is -0.660. The van der Waals surface area contributed by atoms with E-state index in [1.165, 1.54) is 0 Å². The third-order valence-corrected chi connectivity index (χ3v) is 3.90. The predicted octanol–water partition coefficient (Wildman–Crippen LogP) is 1.83. The highest BCUT2D eigenvalue weighted by molar-refractivity contribution is 14.1. The summed E-state index contributed by atoms with van der Waals surface area (Å²) in [5.74, 6) is -0.0743. The van der Waals surface area contributed by atoms with Crippen LogP contribution in [0.25, 0.3) is 0 Å². The number of methoxy groups -OCH3 is 1. The molecule has 1 fully saturated rings. The Morgan fingerprint density at radius 1 is 1.50 bits per heavy atom. The van der Waals surface area contributed by atoms with Crippen molar-refractivity contribution in [2.24, 2.45) is 0 Å². The van der Waals surface area contributed by atoms with Crippen LogP contribution in [0.3, 0.4) is 0 Å². The maximum atomic E-state index is 12.0. The monoisotopic (exact) mass is 361 g/mol. The van der Waals surface area contributed by atoms with Crippen LogP contribution in [-0.2, 0) is 9.47 Å². The summed E-state index contributed by atoms with van der Waals surface area (Å²) < 4.78 is 11.9. The second kappa shape index (κ2) is 5.99. The largest absolute Gasteiger partial charge is 0.378 e. The van der Waals surface area contributed by atoms with Gasteiger partial charge in [-0.25, -0.2) is 0 Å². The molecule has 18 heavy (non-hydrogen) atoms. The van der Waals surface area contributed by atoms with Crippen molar-refractivity contribution in [1.82, 2.24) is 5.32 Å². The zero-order valence-electron chi connectivity index (χ0n) is 10.2. The molecule has 98 valence electrons. The predicted molar refractivity (Wildman–Crippen MR) is 76.7 cm³/mol. The van der Waals surface area contributed by atoms with E-state index in [0.29, 0.717) is 25.3 Å². The van der Waals surface area contributed by atoms with E-state index in [1.807, 2.05) is 24.3 Å². The van der Waals surface area contributed by atoms with Gasteiger partial charge in [0.15, 0.2) is 0 Å². The molecule has 0 saturated carbocycles. The number of hydrogen-bond acceptors (Lipinski definition) is 3. The number of rotatable bonds is 4. The van der Waals surface area contributed by atoms with E-state index >= 15 is 0 Å². The lowest BCUT2D eigenvalue weighted by atomic mass is 10.0. The van der Waals surface area contributed by atoms with Crippen molar-refractivity contribution in [2.75, 3.05) is 26.9 Å². The number of nitrogens with one attached hydrogen (secondary N) is 1. The highest BCUT2D eigenvalue weighted by Gasteiger charge is 2.35. The van der Waals surface area contributed by atoms with E-state index in [1.54, 1.807) is 7.11 Å². The third kappa shape index (κ3) is 3.21. The zero-order valence-corrected chi connectivity index (χ0v) is 12.4. The van der Waals surface area contributed by atoms with Gasteiger partial charge in [0.25, 0.3) is 5.91 Å². The summed E-state index contributed by atoms with van der Waals surface area (Å²) in [7, 11) is 1.66. The maximum Gasteiger partial charge on any atom is 0.251 e. The first-order chi connectivity index (χ1) is 8.65. The fourth-order valence-electron chi connectivity index (χ4n) is 1.91. The first kappa shape index (κ1) is 13.8. The van der Waals surface area contributed by atoms with E-state index < -0.39 is 0 Å². The van der Waals surface area contributed by atoms with Crippen molar-refractivity contribution < 1.29 is 14.3 Å². The molecule has 1 atom stereocenters. The van der Waals surface area contributed by atoms with Gasteiger partial charge in [0, 0.05) is 35.8 Å². The number of hydrogen-bond donors (Lipinski definition) is 1. The van der Waals surface area contributed by atoms with Gasteiger partial charge >= 0.3 is 0 Å². The van der Waals surface area contributed by atoms with Crippen LogP contribution >= 0.6 is 22.6 Å². The zero-order chi connectivity index (χ0) is 13.0. The van der Waals surface area contributed by atoms with E-state index in [0.717, 1.165) is 9.99 Å². The van der Waals surface area contributed by atoms with Gasteiger partial charge < -0.3 is 14.8 Å². The molecule has 1 unspecified atom stereocenters. The van der Waals surface area contributed by atoms with Crippen LogP contribution in [0.4, 0.5) is 0 Å². The van der Waals surface area contributed by atoms with Crippen molar-refractivity contribution in [3.05, 3.63) is 33.4 Å². The second-order valence-corrected chi connectivity index (χ2v) is 5.62. The van der Waals surface area contributed by atoms with Crippen molar-refractivity contribution in [2.45, 2.75) is 12.0 Å². The Kier molecular flexibility index (Phi) is 4.58. The summed E-state index contributed by atoms with van der Waals surface area (Å²) >= 11 is 2.21. The summed E-state index contributed by atoms with van der Waals surface area (Å²) in [6.07, 6.45) is 0.816. The first-order valence-electron chi connectivity index (χ1n) is 5.82. The van der Waals surface area contributed by atoms with Crippen LogP contribution in [0.1, 0.15) is 16.8 Å². The van der Waals surface area contributed by atoms with Gasteiger partial charge in [-0.15, -0.1) is 0 Å². The number of benzene rings is 1. The molecule has 0 spiro atoms. The van der Waals surface area contributed by atoms with Crippen LogP contribution in [0.5, 0.6) is 0 Å². The summed E-state index contributed by atoms with van der Waals surface area (Å²) in [4.78, 5) is 12.0. The molecule has 2 rings (SSSR count). The van der Waals surface area contributed by atoms with E-state index in [-0.39, 0.29) is 11.5 Å². The van der Waals surface area contributed by atoms with Crippen LogP contribution in [-0.4, -0.2) is 38.4 Å². The lowest BCUT2D eigenvalue weighted by molar-refractivity contribution is -0.0148. The van der Waals surface area contributed by atoms with Crippen molar-refractivity contribution >= 4 is 28.5 Å². The molecule has 1 aromatic rings. The molecule has 4 nitrogen and oxygen atoms in total. The molecule has 1 aromatic carbocycles. The molecule has 0 radical (unpaired) electrons. The quantitative estimate of drug-likeness (QED) is 0.833. The average Bonchev–Trinajstić information content (AvgIpc) is 2.86. The van der Waals surface area contributed by atoms with Gasteiger partial charge in [-0.1, -0.05) is 0 Å². The van der Waals surface area contributed by atoms with Gasteiger partial charge in [-0.2, -0.15) is 0 Å². The van der Waals surface area contributed by atoms with Gasteiger partial charge in [0.1, 0.15) is 5.60 Å². The van der Waals surface area contributed by atoms with E-state index in [2.05, 4.69) is 27.9 Å². The summed E-state index contributed by atoms with van der Waals surface area (Å²) in [6, 6.07) is 7.48. The summed E-state index contributed by atoms with van der Waals surface area (Å²) in [5.41, 5.74) is 0.305. The highest BCUT2D eigenvalue weighted by atomic mass is 127. The molecule has 1 aliphatic rings. The number of halogens is 1. The highest BCUT2D eigenvalue weighted by Crippen LogP contribution is 2.21. The fraction of sp³-hybridized carbons (Fsp3) is 0.462. The molecular formula is C13H16INO3. The minimum absolute atomic E-state index is 0.0743. The molecule has 1 amide bonds. The van der Waals surface area contributed by atoms with Crippen LogP contribution in [0.2, 0.25) is 0 Å². The maximum absolute atomic E-state index is 12.0. The van der Waals surface area contributed by atoms with Crippen molar-refractivity contribution in [3.8, 4) is 0 Å². The van der Waals surface area contributed by atoms with Crippen LogP contribution < -0.4 is 5.32 Å². The second-order valence-electron chi connectivity index (χ2n) is 4.38. The van der Waals surface area contributed by atoms with Gasteiger partial charge in [0.05, 0.1) is 6.61 Å². The summed E-state index contributed by atoms with van der Waals surface area (Å²) in [5, 5.41) is 2.91. The van der Waals surface area contributed by atoms with Crippen molar-refractivity contribution in [1.29, 1.82) is 0 Å². The number of carbonyl (C=O) groups excluding carboxylic acids is 1. The Bertz CT molecular complexity index is 413. The molecular weight excluding hydrogens is 345 g/mol. The molecule has 1 heterocycles. The molecule has 0 aliphatic carbocycles. The average molecular weight is 361 g/mol. The Morgan fingerprint density at radius 3 is 2.78 bits per heavy atom. The Labute approximate surface area is 120 Å². The SMILES string of the molecule is COC1(CNC(=O)c2ccc(I)cc2)CCOC1. The molecule has 1 saturated heterocycles. The lowest BCUT2D eigenvalue weighted by Crippen LogP contribution is -2.45. The van der Waals surface area contributed by atoms with Gasteiger partial charge in [-0.3, -0.25) is 4.79 Å². The minimum atomic E-state index is -0.362. The number of ether oxygens (including phenoxy) is 2. The van der Waals surface area contributed by atoms with E-state index in [9.17, 15) is 4.79 Å². The standard InChI is InChI=1S/C13H16INO3/c1-17-13(6-7-18-9-13)8-15-12(16)10-2-4-11(14)5-3-10/h2-5H,6-9H2,1H3,(H,15,16). The van der Waals surface area contributed by atoms with Gasteiger partial charge in [0.2, 0.25) is 0 Å². The van der Waals surface area contributed by atoms with Crippen LogP contribution in [0, 0.1) is 3.57 Å². The number of amides is 1. The molecule has 5 heteroatoms. The molecule has 1 aliphatic heterocycles. The topological polar surface area (TPSA) is 47.6 Å². The molecule has 0 bridgehead atoms. The molecule has 1 N–H and O–H groups in total. The van der Waals surface area contributed by atoms with Crippen molar-refractivity contribution in [3.63, 3.8) is 0 Å². The first-order valence-corrected chi connectivity index (χ1v) is 6.90. The Balaban J connectivity index is 1.93. The fourth-order valence-corrected chi connectivity index (χ4v) is 2.27. The van der Waals surface area contributed by atoms with Gasteiger partial charge in [-0.05, 0) is 46.9 Å². The third-order valence-electron chi connectivity index (χ3n) is 3.18. The smallest absolute Gasteiger partial charge is 0.251 e. The number of carbonyl (C=O) groups is 1. The van der Waals surface area contributed by atoms with E-state index in [4.69, 9.17) is 9.47 Å². The minimum Gasteiger partial charge on any atom is -0.378 e. The lowest BCUT2D eigenvalue weighted by Gasteiger charge is -2.25. The summed E-state index contributed by atoms with van der Waals surface area (Å²) in [6.45, 7) is 1.71. The van der Waals surface area contributed by atoms with Crippen LogP contribution in [0.15, 0.2) is 24.3 Å². The molecule has 0 aromatic heterocycles.